The van der Waals surface area contributed by atoms with E-state index in [1.165, 1.54) is 64.6 Å². The number of nitrogens with one attached hydrogen (secondary N) is 3. The standard InChI is InChI=1S/C81H111F5N12O13/c1-11-49(3)68-76(108)97(54-33-34-54)46-66(101)92(8)60-27-17-14-20-38-96(75(60)107)63-41-51-30-28-50(29-31-51)23-15-13-16-26-59(70(102)88-68)91(7)65(100)43-62(74(106)95-36-21-22-37-95)93(9)77(109)69(53-24-18-19-25-53)94(10)78(110)80(47-79(4,5)48-80)89-71(103)61-42-55(111-12-2)44-98(61)72(104)58(87-64(99)45-90(6)73(63)105)35-32-52-39-56(82)67(57(83)40-52)81(84,85)86/h14-15,17,23,28-31,39-40,49,53-55,58-63,68-69H,11-13,16,18-22,24-27,32-38,41-48H2,1-10H3,(H,87,99)(H,88,102)(H,89,103)/b17-14-,23-15+/t49-,55+,58-,59-,60-,61-,62-,63-,68-,69-/m0/s1. The van der Waals surface area contributed by atoms with E-state index in [1.807, 2.05) is 39.0 Å². The first-order valence-corrected chi connectivity index (χ1v) is 39.6. The summed E-state index contributed by atoms with van der Waals surface area (Å²) in [7, 11) is 7.07. The number of nitrogens with zero attached hydrogens (tertiary/aromatic N) is 9. The minimum Gasteiger partial charge on any atom is -0.377 e. The van der Waals surface area contributed by atoms with E-state index in [1.54, 1.807) is 49.1 Å². The molecule has 6 bridgehead atoms. The van der Waals surface area contributed by atoms with E-state index in [0.29, 0.717) is 101 Å². The van der Waals surface area contributed by atoms with Gasteiger partial charge in [0.1, 0.15) is 77.6 Å². The lowest BCUT2D eigenvalue weighted by atomic mass is 9.58. The first-order valence-electron chi connectivity index (χ1n) is 39.6. The maximum Gasteiger partial charge on any atom is 0.422 e. The van der Waals surface area contributed by atoms with Gasteiger partial charge in [-0.3, -0.25) is 57.5 Å². The van der Waals surface area contributed by atoms with Crippen LogP contribution in [-0.2, 0) is 81.3 Å². The van der Waals surface area contributed by atoms with Gasteiger partial charge < -0.3 is 64.8 Å². The minimum absolute atomic E-state index is 0.0183. The average Bonchev–Trinajstić information content (AvgIpc) is 1.27. The third-order valence-electron chi connectivity index (χ3n) is 24.0. The maximum atomic E-state index is 15.9. The molecular formula is C81H111F5N12O13. The molecule has 608 valence electrons. The number of aryl methyl sites for hydroxylation is 1. The van der Waals surface area contributed by atoms with E-state index in [0.717, 1.165) is 15.4 Å². The minimum atomic E-state index is -5.42. The number of hydrogen-bond donors (Lipinski definition) is 3. The molecule has 10 aliphatic rings. The van der Waals surface area contributed by atoms with Gasteiger partial charge in [0.15, 0.2) is 0 Å². The van der Waals surface area contributed by atoms with Crippen molar-refractivity contribution in [2.24, 2.45) is 17.3 Å². The van der Waals surface area contributed by atoms with Crippen molar-refractivity contribution < 1.29 is 84.2 Å². The Labute approximate surface area is 647 Å². The molecule has 25 nitrogen and oxygen atoms in total. The van der Waals surface area contributed by atoms with Crippen molar-refractivity contribution in [3.63, 3.8) is 0 Å². The fourth-order valence-corrected chi connectivity index (χ4v) is 17.6. The number of halogens is 5. The number of amides is 12. The van der Waals surface area contributed by atoms with Gasteiger partial charge in [-0.2, -0.15) is 13.2 Å². The molecule has 0 radical (unpaired) electrons. The number of rotatable bonds is 10. The van der Waals surface area contributed by atoms with Crippen molar-refractivity contribution in [1.29, 1.82) is 0 Å². The van der Waals surface area contributed by atoms with Crippen LogP contribution < -0.4 is 16.0 Å². The molecule has 7 heterocycles. The van der Waals surface area contributed by atoms with Crippen LogP contribution >= 0.6 is 0 Å². The molecule has 3 aliphatic carbocycles. The summed E-state index contributed by atoms with van der Waals surface area (Å²) < 4.78 is 78.5. The van der Waals surface area contributed by atoms with Gasteiger partial charge in [0.2, 0.25) is 70.9 Å². The first kappa shape index (κ1) is 84.6. The van der Waals surface area contributed by atoms with Crippen molar-refractivity contribution in [2.75, 3.05) is 81.1 Å². The Morgan fingerprint density at radius 2 is 1.30 bits per heavy atom. The molecule has 0 unspecified atom stereocenters. The molecule has 2 aromatic carbocycles. The van der Waals surface area contributed by atoms with Gasteiger partial charge in [0.25, 0.3) is 0 Å². The number of ether oxygens (including phenoxy) is 1. The van der Waals surface area contributed by atoms with Crippen molar-refractivity contribution in [2.45, 2.75) is 242 Å². The van der Waals surface area contributed by atoms with Gasteiger partial charge in [-0.05, 0) is 149 Å². The zero-order chi connectivity index (χ0) is 80.7. The van der Waals surface area contributed by atoms with Gasteiger partial charge in [0.05, 0.1) is 19.1 Å². The molecule has 7 aliphatic heterocycles. The fraction of sp³-hybridized carbons (Fsp3) is 0.654. The number of hydrogen-bond acceptors (Lipinski definition) is 13. The molecule has 1 spiro atoms. The number of alkyl halides is 3. The first-order chi connectivity index (χ1) is 52.6. The van der Waals surface area contributed by atoms with Gasteiger partial charge in [-0.25, -0.2) is 8.78 Å². The predicted octanol–water partition coefficient (Wildman–Crippen LogP) is 6.57. The molecule has 3 saturated carbocycles. The second kappa shape index (κ2) is 35.9. The number of likely N-dealkylation sites (tertiary alicyclic amines) is 1. The van der Waals surface area contributed by atoms with Crippen LogP contribution in [0.4, 0.5) is 22.0 Å². The molecule has 2 aromatic rings. The molecule has 0 aromatic heterocycles. The van der Waals surface area contributed by atoms with E-state index < -0.39 is 210 Å². The quantitative estimate of drug-likeness (QED) is 0.129. The third kappa shape index (κ3) is 19.6. The van der Waals surface area contributed by atoms with Gasteiger partial charge >= 0.3 is 6.18 Å². The third-order valence-corrected chi connectivity index (χ3v) is 24.0. The summed E-state index contributed by atoms with van der Waals surface area (Å²) in [6, 6.07) is -3.38. The van der Waals surface area contributed by atoms with Gasteiger partial charge in [-0.1, -0.05) is 95.5 Å². The summed E-state index contributed by atoms with van der Waals surface area (Å²) in [6.45, 7) is 8.23. The summed E-state index contributed by atoms with van der Waals surface area (Å²) in [6.07, 6.45) is 5.28. The maximum absolute atomic E-state index is 15.9. The summed E-state index contributed by atoms with van der Waals surface area (Å²) in [5, 5.41) is 8.72. The van der Waals surface area contributed by atoms with Crippen molar-refractivity contribution >= 4 is 77.0 Å². The van der Waals surface area contributed by atoms with E-state index in [9.17, 15) is 18.0 Å². The van der Waals surface area contributed by atoms with Crippen LogP contribution in [0.3, 0.4) is 0 Å². The smallest absolute Gasteiger partial charge is 0.377 e. The molecule has 30 heteroatoms. The second-order valence-corrected chi connectivity index (χ2v) is 32.7. The van der Waals surface area contributed by atoms with Crippen LogP contribution in [0.2, 0.25) is 0 Å². The van der Waals surface area contributed by atoms with Crippen molar-refractivity contribution in [3.05, 3.63) is 88.5 Å². The Morgan fingerprint density at radius 1 is 0.640 bits per heavy atom. The largest absolute Gasteiger partial charge is 0.422 e. The van der Waals surface area contributed by atoms with Crippen molar-refractivity contribution in [1.82, 2.24) is 60.0 Å². The zero-order valence-corrected chi connectivity index (χ0v) is 65.7. The van der Waals surface area contributed by atoms with E-state index >= 15 is 61.5 Å². The van der Waals surface area contributed by atoms with Crippen LogP contribution in [0.15, 0.2) is 54.6 Å². The molecule has 12 amide bonds. The van der Waals surface area contributed by atoms with Crippen LogP contribution in [0, 0.1) is 28.9 Å². The summed E-state index contributed by atoms with van der Waals surface area (Å²) in [4.78, 5) is 197. The predicted molar refractivity (Wildman–Crippen MR) is 400 cm³/mol. The summed E-state index contributed by atoms with van der Waals surface area (Å²) in [5.74, 6) is -13.4. The van der Waals surface area contributed by atoms with Crippen molar-refractivity contribution in [3.8, 4) is 0 Å². The Kier molecular flexibility index (Phi) is 27.4. The topological polar surface area (TPSA) is 279 Å². The van der Waals surface area contributed by atoms with E-state index in [-0.39, 0.29) is 70.2 Å². The Morgan fingerprint density at radius 3 is 1.92 bits per heavy atom. The molecule has 12 rings (SSSR count). The zero-order valence-electron chi connectivity index (χ0n) is 65.7. The highest BCUT2D eigenvalue weighted by Gasteiger charge is 2.59. The summed E-state index contributed by atoms with van der Waals surface area (Å²) in [5.41, 5.74) is -3.51. The molecule has 3 N–H and O–H groups in total. The normalized spacial score (nSPS) is 28.4. The molecule has 5 fully saturated rings. The Hall–Kier alpha value is -8.83. The Balaban J connectivity index is 1.10. The number of likely N-dealkylation sites (N-methyl/N-ethyl adjacent to an activating group) is 5. The lowest BCUT2D eigenvalue weighted by molar-refractivity contribution is -0.161. The van der Waals surface area contributed by atoms with Gasteiger partial charge in [0, 0.05) is 86.9 Å². The number of fused-ring (bicyclic) bond motifs is 22. The SMILES string of the molecule is CCO[C@@H]1C[C@H]2C(=O)NC3(CC(C)(C)C3)C(=O)N(C)[C@@H](C3CCCC3)C(=O)N(C)[C@H](C(=O)N3CCCC3)CC(=O)N(C)[C@H]3CCC/C=C/c4ccc(cc4)C[C@@H](C(=O)N(C)CC(=O)N[C@@H](CCc4cc(F)c(C(F)(F)F)c(F)c4)C(=O)N2C1)N1CC/C=C\C[C@@H](C1=O)N(C)C(=O)CN(C1CC1)C(=O)[C@H]([C@@H](C)CC)NC3=O. The highest BCUT2D eigenvalue weighted by molar-refractivity contribution is 6.01. The highest BCUT2D eigenvalue weighted by Crippen LogP contribution is 2.50. The highest BCUT2D eigenvalue weighted by atomic mass is 19.4. The summed E-state index contributed by atoms with van der Waals surface area (Å²) >= 11 is 0. The fourth-order valence-electron chi connectivity index (χ4n) is 17.6. The van der Waals surface area contributed by atoms with E-state index in [4.69, 9.17) is 4.74 Å². The lowest BCUT2D eigenvalue weighted by Gasteiger charge is -2.54. The average molecular weight is 1560 g/mol. The molecular weight excluding hydrogens is 1440 g/mol. The Bertz CT molecular complexity index is 3850. The molecule has 111 heavy (non-hydrogen) atoms. The number of carbonyl (C=O) groups is 12. The number of allylic oxidation sites excluding steroid dienone is 1. The van der Waals surface area contributed by atoms with Gasteiger partial charge in [-0.15, -0.1) is 0 Å². The molecule has 2 saturated heterocycles. The second-order valence-electron chi connectivity index (χ2n) is 32.7. The van der Waals surface area contributed by atoms with Crippen LogP contribution in [0.1, 0.15) is 179 Å². The van der Waals surface area contributed by atoms with Crippen LogP contribution in [0.5, 0.6) is 0 Å². The number of benzene rings is 2. The lowest BCUT2D eigenvalue weighted by Crippen LogP contribution is -2.71. The van der Waals surface area contributed by atoms with Crippen LogP contribution in [0.25, 0.3) is 6.08 Å². The van der Waals surface area contributed by atoms with E-state index in [2.05, 4.69) is 16.0 Å². The monoisotopic (exact) mass is 1550 g/mol. The van der Waals surface area contributed by atoms with Crippen LogP contribution in [-0.4, -0.2) is 262 Å². The molecule has 10 atom stereocenters. The number of carbonyl (C=O) groups excluding carboxylic acids is 12.